The first-order valence-corrected chi connectivity index (χ1v) is 9.81. The van der Waals surface area contributed by atoms with Crippen LogP contribution in [0.15, 0.2) is 53.5 Å². The summed E-state index contributed by atoms with van der Waals surface area (Å²) in [7, 11) is 5.45. The van der Waals surface area contributed by atoms with Crippen LogP contribution in [0.4, 0.5) is 13.2 Å². The second-order valence-electron chi connectivity index (χ2n) is 7.24. The lowest BCUT2D eigenvalue weighted by Crippen LogP contribution is -2.36. The van der Waals surface area contributed by atoms with Crippen molar-refractivity contribution in [2.24, 2.45) is 4.99 Å². The van der Waals surface area contributed by atoms with Crippen LogP contribution in [0.2, 0.25) is 0 Å². The fourth-order valence-electron chi connectivity index (χ4n) is 2.77. The summed E-state index contributed by atoms with van der Waals surface area (Å²) in [5, 5.41) is 8.97. The van der Waals surface area contributed by atoms with Crippen molar-refractivity contribution in [1.82, 2.24) is 20.9 Å². The molecule has 1 amide bonds. The van der Waals surface area contributed by atoms with Crippen molar-refractivity contribution in [3.8, 4) is 0 Å². The molecule has 2 aromatic carbocycles. The SMILES string of the molecule is CN=C(NCc1cccc(C(=O)NCCN(C)C)c1)NCc1cccc(C(F)(F)F)c1.I. The largest absolute Gasteiger partial charge is 0.416 e. The number of nitrogens with one attached hydrogen (secondary N) is 3. The number of hydrogen-bond acceptors (Lipinski definition) is 3. The predicted molar refractivity (Wildman–Crippen MR) is 131 cm³/mol. The zero-order valence-electron chi connectivity index (χ0n) is 18.3. The van der Waals surface area contributed by atoms with E-state index in [1.165, 1.54) is 6.07 Å². The Labute approximate surface area is 203 Å². The third kappa shape index (κ3) is 9.43. The fraction of sp³-hybridized carbons (Fsp3) is 0.364. The Morgan fingerprint density at radius 2 is 1.56 bits per heavy atom. The lowest BCUT2D eigenvalue weighted by atomic mass is 10.1. The highest BCUT2D eigenvalue weighted by molar-refractivity contribution is 14.0. The molecular weight excluding hydrogens is 534 g/mol. The summed E-state index contributed by atoms with van der Waals surface area (Å²) in [5.74, 6) is 0.300. The van der Waals surface area contributed by atoms with Crippen LogP contribution < -0.4 is 16.0 Å². The fourth-order valence-corrected chi connectivity index (χ4v) is 2.77. The first kappa shape index (κ1) is 27.7. The lowest BCUT2D eigenvalue weighted by molar-refractivity contribution is -0.137. The maximum atomic E-state index is 12.8. The van der Waals surface area contributed by atoms with Crippen LogP contribution in [0.25, 0.3) is 0 Å². The first-order valence-electron chi connectivity index (χ1n) is 9.81. The molecule has 3 N–H and O–H groups in total. The van der Waals surface area contributed by atoms with Gasteiger partial charge in [0.05, 0.1) is 5.56 Å². The van der Waals surface area contributed by atoms with Gasteiger partial charge in [0.15, 0.2) is 5.96 Å². The van der Waals surface area contributed by atoms with E-state index in [0.717, 1.165) is 24.2 Å². The number of likely N-dealkylation sites (N-methyl/N-ethyl adjacent to an activating group) is 1. The van der Waals surface area contributed by atoms with Gasteiger partial charge in [-0.3, -0.25) is 9.79 Å². The Bertz CT molecular complexity index is 903. The van der Waals surface area contributed by atoms with E-state index in [4.69, 9.17) is 0 Å². The van der Waals surface area contributed by atoms with Crippen molar-refractivity contribution >= 4 is 35.8 Å². The van der Waals surface area contributed by atoms with Crippen molar-refractivity contribution in [3.63, 3.8) is 0 Å². The Morgan fingerprint density at radius 3 is 2.12 bits per heavy atom. The number of halogens is 4. The molecule has 0 saturated carbocycles. The van der Waals surface area contributed by atoms with Crippen LogP contribution in [-0.2, 0) is 19.3 Å². The molecule has 32 heavy (non-hydrogen) atoms. The highest BCUT2D eigenvalue weighted by Gasteiger charge is 2.30. The number of carbonyl (C=O) groups excluding carboxylic acids is 1. The number of amides is 1. The van der Waals surface area contributed by atoms with Gasteiger partial charge in [0, 0.05) is 38.8 Å². The summed E-state index contributed by atoms with van der Waals surface area (Å²) < 4.78 is 38.5. The number of rotatable bonds is 8. The van der Waals surface area contributed by atoms with Gasteiger partial charge in [-0.05, 0) is 49.5 Å². The van der Waals surface area contributed by atoms with Gasteiger partial charge in [-0.25, -0.2) is 0 Å². The molecule has 6 nitrogen and oxygen atoms in total. The molecule has 2 rings (SSSR count). The van der Waals surface area contributed by atoms with E-state index in [9.17, 15) is 18.0 Å². The van der Waals surface area contributed by atoms with Crippen molar-refractivity contribution in [3.05, 3.63) is 70.8 Å². The molecule has 0 radical (unpaired) electrons. The van der Waals surface area contributed by atoms with Gasteiger partial charge in [-0.15, -0.1) is 24.0 Å². The van der Waals surface area contributed by atoms with Crippen LogP contribution in [0.1, 0.15) is 27.0 Å². The predicted octanol–water partition coefficient (Wildman–Crippen LogP) is 3.48. The smallest absolute Gasteiger partial charge is 0.352 e. The van der Waals surface area contributed by atoms with Crippen molar-refractivity contribution < 1.29 is 18.0 Å². The number of aliphatic imine (C=N–C) groups is 1. The van der Waals surface area contributed by atoms with Crippen molar-refractivity contribution in [1.29, 1.82) is 0 Å². The van der Waals surface area contributed by atoms with E-state index in [-0.39, 0.29) is 36.4 Å². The van der Waals surface area contributed by atoms with E-state index in [1.54, 1.807) is 31.3 Å². The molecule has 176 valence electrons. The van der Waals surface area contributed by atoms with Crippen LogP contribution in [0, 0.1) is 0 Å². The maximum absolute atomic E-state index is 12.8. The maximum Gasteiger partial charge on any atom is 0.416 e. The summed E-state index contributed by atoms with van der Waals surface area (Å²) in [6.07, 6.45) is -4.38. The summed E-state index contributed by atoms with van der Waals surface area (Å²) in [4.78, 5) is 18.3. The van der Waals surface area contributed by atoms with E-state index in [2.05, 4.69) is 20.9 Å². The highest BCUT2D eigenvalue weighted by Crippen LogP contribution is 2.29. The summed E-state index contributed by atoms with van der Waals surface area (Å²) in [6, 6.07) is 12.4. The van der Waals surface area contributed by atoms with E-state index < -0.39 is 11.7 Å². The van der Waals surface area contributed by atoms with Gasteiger partial charge >= 0.3 is 6.18 Å². The number of guanidine groups is 1. The number of carbonyl (C=O) groups is 1. The van der Waals surface area contributed by atoms with Gasteiger partial charge in [-0.2, -0.15) is 13.2 Å². The average molecular weight is 563 g/mol. The molecule has 0 aromatic heterocycles. The molecule has 2 aromatic rings. The standard InChI is InChI=1S/C22H28F3N5O.HI/c1-26-21(29-15-17-7-5-9-19(13-17)22(23,24)25)28-14-16-6-4-8-18(12-16)20(31)27-10-11-30(2)3;/h4-9,12-13H,10-11,14-15H2,1-3H3,(H,27,31)(H2,26,28,29);1H. The number of benzene rings is 2. The quantitative estimate of drug-likeness (QED) is 0.262. The zero-order chi connectivity index (χ0) is 22.9. The lowest BCUT2D eigenvalue weighted by Gasteiger charge is -2.14. The van der Waals surface area contributed by atoms with Crippen LogP contribution in [-0.4, -0.2) is 51.0 Å². The summed E-state index contributed by atoms with van der Waals surface area (Å²) in [5.41, 5.74) is 1.25. The monoisotopic (exact) mass is 563 g/mol. The third-order valence-electron chi connectivity index (χ3n) is 4.43. The van der Waals surface area contributed by atoms with E-state index in [1.807, 2.05) is 25.1 Å². The Morgan fingerprint density at radius 1 is 0.969 bits per heavy atom. The van der Waals surface area contributed by atoms with Crippen molar-refractivity contribution in [2.75, 3.05) is 34.2 Å². The third-order valence-corrected chi connectivity index (χ3v) is 4.43. The number of nitrogens with zero attached hydrogens (tertiary/aromatic N) is 2. The van der Waals surface area contributed by atoms with Crippen LogP contribution >= 0.6 is 24.0 Å². The van der Waals surface area contributed by atoms with E-state index >= 15 is 0 Å². The highest BCUT2D eigenvalue weighted by atomic mass is 127. The minimum absolute atomic E-state index is 0. The minimum Gasteiger partial charge on any atom is -0.352 e. The topological polar surface area (TPSA) is 68.8 Å². The second kappa shape index (κ2) is 13.3. The molecule has 0 spiro atoms. The Balaban J connectivity index is 0.00000512. The molecule has 0 heterocycles. The van der Waals surface area contributed by atoms with Gasteiger partial charge < -0.3 is 20.9 Å². The molecule has 0 saturated heterocycles. The first-order chi connectivity index (χ1) is 14.7. The van der Waals surface area contributed by atoms with Crippen LogP contribution in [0.3, 0.4) is 0 Å². The zero-order valence-corrected chi connectivity index (χ0v) is 20.6. The molecule has 0 aliphatic heterocycles. The van der Waals surface area contributed by atoms with Crippen LogP contribution in [0.5, 0.6) is 0 Å². The van der Waals surface area contributed by atoms with Gasteiger partial charge in [0.25, 0.3) is 5.91 Å². The van der Waals surface area contributed by atoms with E-state index in [0.29, 0.717) is 30.2 Å². The normalized spacial score (nSPS) is 11.7. The molecule has 0 atom stereocenters. The molecular formula is C22H29F3IN5O. The number of alkyl halides is 3. The average Bonchev–Trinajstić information content (AvgIpc) is 2.73. The second-order valence-corrected chi connectivity index (χ2v) is 7.24. The minimum atomic E-state index is -4.38. The summed E-state index contributed by atoms with van der Waals surface area (Å²) >= 11 is 0. The molecule has 0 aliphatic rings. The van der Waals surface area contributed by atoms with Gasteiger partial charge in [0.1, 0.15) is 0 Å². The molecule has 10 heteroatoms. The van der Waals surface area contributed by atoms with Crippen molar-refractivity contribution in [2.45, 2.75) is 19.3 Å². The molecule has 0 fully saturated rings. The molecule has 0 unspecified atom stereocenters. The van der Waals surface area contributed by atoms with Gasteiger partial charge in [0.2, 0.25) is 0 Å². The Hall–Kier alpha value is -2.34. The number of hydrogen-bond donors (Lipinski definition) is 3. The summed E-state index contributed by atoms with van der Waals surface area (Å²) in [6.45, 7) is 1.90. The van der Waals surface area contributed by atoms with Gasteiger partial charge in [-0.1, -0.05) is 24.3 Å². The molecule has 0 bridgehead atoms. The molecule has 0 aliphatic carbocycles. The Kier molecular flexibility index (Phi) is 11.5.